The number of hydrogen-bond acceptors (Lipinski definition) is 3. The first-order valence-electron chi connectivity index (χ1n) is 7.17. The van der Waals surface area contributed by atoms with Crippen molar-refractivity contribution in [1.29, 1.82) is 5.26 Å². The zero-order valence-corrected chi connectivity index (χ0v) is 12.1. The molecule has 20 heavy (non-hydrogen) atoms. The first kappa shape index (κ1) is 14.4. The third-order valence-electron chi connectivity index (χ3n) is 3.31. The van der Waals surface area contributed by atoms with Gasteiger partial charge in [-0.1, -0.05) is 12.1 Å². The van der Waals surface area contributed by atoms with Crippen molar-refractivity contribution in [2.45, 2.75) is 45.2 Å². The first-order chi connectivity index (χ1) is 9.63. The van der Waals surface area contributed by atoms with Gasteiger partial charge in [-0.3, -0.25) is 4.79 Å². The Labute approximate surface area is 120 Å². The number of benzene rings is 1. The summed E-state index contributed by atoms with van der Waals surface area (Å²) in [6.45, 7) is 4.63. The number of carbonyl (C=O) groups is 1. The number of carbonyl (C=O) groups excluding carboxylic acids is 1. The molecule has 1 aliphatic carbocycles. The quantitative estimate of drug-likeness (QED) is 0.865. The van der Waals surface area contributed by atoms with Crippen LogP contribution in [-0.4, -0.2) is 29.4 Å². The third-order valence-corrected chi connectivity index (χ3v) is 3.31. The molecule has 0 heterocycles. The minimum Gasteiger partial charge on any atom is -0.382 e. The molecule has 2 rings (SSSR count). The van der Waals surface area contributed by atoms with Gasteiger partial charge in [0, 0.05) is 24.3 Å². The lowest BCUT2D eigenvalue weighted by Crippen LogP contribution is -2.34. The lowest BCUT2D eigenvalue weighted by atomic mass is 10.1. The van der Waals surface area contributed by atoms with Crippen molar-refractivity contribution in [3.8, 4) is 6.07 Å². The number of para-hydroxylation sites is 1. The smallest absolute Gasteiger partial charge is 0.256 e. The Hall–Kier alpha value is -2.02. The van der Waals surface area contributed by atoms with Gasteiger partial charge < -0.3 is 10.2 Å². The molecular weight excluding hydrogens is 250 g/mol. The number of rotatable bonds is 6. The molecule has 0 radical (unpaired) electrons. The van der Waals surface area contributed by atoms with Crippen LogP contribution in [0.5, 0.6) is 0 Å². The van der Waals surface area contributed by atoms with Crippen LogP contribution in [0.25, 0.3) is 0 Å². The van der Waals surface area contributed by atoms with Crippen molar-refractivity contribution < 1.29 is 4.79 Å². The van der Waals surface area contributed by atoms with E-state index in [1.165, 1.54) is 0 Å². The number of hydrogen-bond donors (Lipinski definition) is 1. The van der Waals surface area contributed by atoms with Crippen molar-refractivity contribution in [2.24, 2.45) is 0 Å². The molecule has 0 saturated heterocycles. The second kappa shape index (κ2) is 6.42. The monoisotopic (exact) mass is 271 g/mol. The van der Waals surface area contributed by atoms with Gasteiger partial charge in [-0.15, -0.1) is 0 Å². The highest BCUT2D eigenvalue weighted by atomic mass is 16.2. The highest BCUT2D eigenvalue weighted by molar-refractivity contribution is 6.00. The van der Waals surface area contributed by atoms with E-state index in [-0.39, 0.29) is 11.9 Å². The Kier molecular flexibility index (Phi) is 4.62. The average molecular weight is 271 g/mol. The molecule has 0 spiro atoms. The standard InChI is InChI=1S/C16H21N3O/c1-12(2)18-15-7-4-3-6-14(15)16(20)19(11-5-10-17)13-8-9-13/h3-4,6-7,12-13,18H,5,8-9,11H2,1-2H3. The zero-order chi connectivity index (χ0) is 14.5. The highest BCUT2D eigenvalue weighted by Crippen LogP contribution is 2.30. The Balaban J connectivity index is 2.20. The Morgan fingerprint density at radius 2 is 2.15 bits per heavy atom. The van der Waals surface area contributed by atoms with E-state index in [9.17, 15) is 4.79 Å². The minimum atomic E-state index is 0.0338. The summed E-state index contributed by atoms with van der Waals surface area (Å²) in [6, 6.07) is 10.3. The number of nitriles is 1. The summed E-state index contributed by atoms with van der Waals surface area (Å²) >= 11 is 0. The van der Waals surface area contributed by atoms with Crippen molar-refractivity contribution in [1.82, 2.24) is 4.90 Å². The van der Waals surface area contributed by atoms with E-state index in [0.717, 1.165) is 18.5 Å². The molecule has 0 unspecified atom stereocenters. The normalized spacial score (nSPS) is 13.9. The first-order valence-corrected chi connectivity index (χ1v) is 7.17. The molecule has 1 aliphatic rings. The van der Waals surface area contributed by atoms with Crippen molar-refractivity contribution in [3.05, 3.63) is 29.8 Å². The van der Waals surface area contributed by atoms with Crippen molar-refractivity contribution in [2.75, 3.05) is 11.9 Å². The van der Waals surface area contributed by atoms with Gasteiger partial charge in [0.25, 0.3) is 5.91 Å². The van der Waals surface area contributed by atoms with E-state index in [4.69, 9.17) is 5.26 Å². The van der Waals surface area contributed by atoms with E-state index < -0.39 is 0 Å². The second-order valence-electron chi connectivity index (χ2n) is 5.48. The molecule has 0 aliphatic heterocycles. The topological polar surface area (TPSA) is 56.1 Å². The van der Waals surface area contributed by atoms with Gasteiger partial charge in [0.1, 0.15) is 0 Å². The molecule has 4 heteroatoms. The maximum Gasteiger partial charge on any atom is 0.256 e. The number of nitrogens with one attached hydrogen (secondary N) is 1. The van der Waals surface area contributed by atoms with E-state index in [2.05, 4.69) is 25.2 Å². The SMILES string of the molecule is CC(C)Nc1ccccc1C(=O)N(CCC#N)C1CC1. The van der Waals surface area contributed by atoms with Crippen LogP contribution in [0.4, 0.5) is 5.69 Å². The Morgan fingerprint density at radius 1 is 1.45 bits per heavy atom. The molecule has 1 amide bonds. The summed E-state index contributed by atoms with van der Waals surface area (Å²) in [4.78, 5) is 14.6. The predicted octanol–water partition coefficient (Wildman–Crippen LogP) is 3.03. The van der Waals surface area contributed by atoms with Crippen molar-refractivity contribution >= 4 is 11.6 Å². The molecule has 1 saturated carbocycles. The van der Waals surface area contributed by atoms with Gasteiger partial charge in [0.05, 0.1) is 18.1 Å². The van der Waals surface area contributed by atoms with Gasteiger partial charge in [-0.2, -0.15) is 5.26 Å². The highest BCUT2D eigenvalue weighted by Gasteiger charge is 2.33. The van der Waals surface area contributed by atoms with Gasteiger partial charge in [-0.05, 0) is 38.8 Å². The maximum atomic E-state index is 12.7. The molecule has 0 aromatic heterocycles. The van der Waals surface area contributed by atoms with E-state index in [0.29, 0.717) is 24.6 Å². The summed E-state index contributed by atoms with van der Waals surface area (Å²) in [5, 5.41) is 12.1. The lowest BCUT2D eigenvalue weighted by Gasteiger charge is -2.23. The fraction of sp³-hybridized carbons (Fsp3) is 0.500. The van der Waals surface area contributed by atoms with Crippen LogP contribution in [0.15, 0.2) is 24.3 Å². The largest absolute Gasteiger partial charge is 0.382 e. The Morgan fingerprint density at radius 3 is 2.75 bits per heavy atom. The molecule has 1 aromatic rings. The van der Waals surface area contributed by atoms with E-state index >= 15 is 0 Å². The third kappa shape index (κ3) is 3.51. The van der Waals surface area contributed by atoms with E-state index in [1.54, 1.807) is 0 Å². The summed E-state index contributed by atoms with van der Waals surface area (Å²) < 4.78 is 0. The summed E-state index contributed by atoms with van der Waals surface area (Å²) in [6.07, 6.45) is 2.50. The zero-order valence-electron chi connectivity index (χ0n) is 12.1. The van der Waals surface area contributed by atoms with Gasteiger partial charge >= 0.3 is 0 Å². The molecule has 0 atom stereocenters. The molecule has 106 valence electrons. The number of nitrogens with zero attached hydrogens (tertiary/aromatic N) is 2. The van der Waals surface area contributed by atoms with Gasteiger partial charge in [0.2, 0.25) is 0 Å². The molecule has 1 N–H and O–H groups in total. The van der Waals surface area contributed by atoms with Crippen LogP contribution in [0, 0.1) is 11.3 Å². The van der Waals surface area contributed by atoms with Crippen LogP contribution in [-0.2, 0) is 0 Å². The van der Waals surface area contributed by atoms with Crippen LogP contribution in [0.1, 0.15) is 43.5 Å². The fourth-order valence-corrected chi connectivity index (χ4v) is 2.27. The molecule has 1 aromatic carbocycles. The predicted molar refractivity (Wildman–Crippen MR) is 79.5 cm³/mol. The number of amides is 1. The minimum absolute atomic E-state index is 0.0338. The van der Waals surface area contributed by atoms with E-state index in [1.807, 2.05) is 29.2 Å². The number of anilines is 1. The molecular formula is C16H21N3O. The van der Waals surface area contributed by atoms with Gasteiger partial charge in [-0.25, -0.2) is 0 Å². The average Bonchev–Trinajstić information content (AvgIpc) is 3.23. The van der Waals surface area contributed by atoms with Crippen molar-refractivity contribution in [3.63, 3.8) is 0 Å². The lowest BCUT2D eigenvalue weighted by molar-refractivity contribution is 0.0748. The van der Waals surface area contributed by atoms with Crippen LogP contribution >= 0.6 is 0 Å². The second-order valence-corrected chi connectivity index (χ2v) is 5.48. The van der Waals surface area contributed by atoms with Crippen LogP contribution in [0.3, 0.4) is 0 Å². The molecule has 1 fully saturated rings. The fourth-order valence-electron chi connectivity index (χ4n) is 2.27. The maximum absolute atomic E-state index is 12.7. The summed E-state index contributed by atoms with van der Waals surface area (Å²) in [7, 11) is 0. The van der Waals surface area contributed by atoms with Gasteiger partial charge in [0.15, 0.2) is 0 Å². The summed E-state index contributed by atoms with van der Waals surface area (Å²) in [5.74, 6) is 0.0338. The Bertz CT molecular complexity index is 515. The summed E-state index contributed by atoms with van der Waals surface area (Å²) in [5.41, 5.74) is 1.57. The van der Waals surface area contributed by atoms with Crippen LogP contribution in [0.2, 0.25) is 0 Å². The van der Waals surface area contributed by atoms with Crippen LogP contribution < -0.4 is 5.32 Å². The molecule has 4 nitrogen and oxygen atoms in total. The molecule has 0 bridgehead atoms.